The first-order valence-electron chi connectivity index (χ1n) is 6.41. The second-order valence-electron chi connectivity index (χ2n) is 4.44. The van der Waals surface area contributed by atoms with E-state index in [2.05, 4.69) is 25.7 Å². The molecular formula is C12H18N6OS. The van der Waals surface area contributed by atoms with Gasteiger partial charge in [0.05, 0.1) is 6.20 Å². The summed E-state index contributed by atoms with van der Waals surface area (Å²) in [6.45, 7) is 4.56. The molecule has 0 radical (unpaired) electrons. The van der Waals surface area contributed by atoms with Crippen molar-refractivity contribution in [3.8, 4) is 0 Å². The number of hydrogen-bond acceptors (Lipinski definition) is 5. The van der Waals surface area contributed by atoms with E-state index in [0.29, 0.717) is 13.0 Å². The molecule has 1 amide bonds. The Hall–Kier alpha value is -1.83. The van der Waals surface area contributed by atoms with Crippen LogP contribution in [0.1, 0.15) is 25.2 Å². The van der Waals surface area contributed by atoms with E-state index in [1.165, 1.54) is 0 Å². The molecule has 0 fully saturated rings. The molecule has 20 heavy (non-hydrogen) atoms. The minimum Gasteiger partial charge on any atom is -0.355 e. The summed E-state index contributed by atoms with van der Waals surface area (Å²) in [4.78, 5) is 16.0. The van der Waals surface area contributed by atoms with Crippen LogP contribution in [0.2, 0.25) is 0 Å². The van der Waals surface area contributed by atoms with Crippen LogP contribution in [0.4, 0.5) is 0 Å². The van der Waals surface area contributed by atoms with E-state index < -0.39 is 0 Å². The van der Waals surface area contributed by atoms with Crippen LogP contribution >= 0.6 is 11.8 Å². The number of thioether (sulfide) groups is 1. The summed E-state index contributed by atoms with van der Waals surface area (Å²) in [5, 5.41) is 13.9. The molecule has 0 aromatic carbocycles. The molecule has 108 valence electrons. The van der Waals surface area contributed by atoms with Gasteiger partial charge in [-0.3, -0.25) is 4.79 Å². The van der Waals surface area contributed by atoms with Gasteiger partial charge in [-0.15, -0.1) is 16.9 Å². The van der Waals surface area contributed by atoms with Crippen molar-refractivity contribution >= 4 is 17.7 Å². The third kappa shape index (κ3) is 4.09. The summed E-state index contributed by atoms with van der Waals surface area (Å²) >= 11 is 1.55. The number of nitrogens with zero attached hydrogens (tertiary/aromatic N) is 4. The highest BCUT2D eigenvalue weighted by atomic mass is 32.2. The Morgan fingerprint density at radius 1 is 1.60 bits per heavy atom. The zero-order valence-corrected chi connectivity index (χ0v) is 12.4. The molecule has 1 unspecified atom stereocenters. The van der Waals surface area contributed by atoms with Gasteiger partial charge in [0.2, 0.25) is 5.91 Å². The van der Waals surface area contributed by atoms with Gasteiger partial charge in [-0.05, 0) is 13.8 Å². The fourth-order valence-corrected chi connectivity index (χ4v) is 2.54. The Balaban J connectivity index is 1.66. The number of H-pyrrole nitrogens is 1. The third-order valence-electron chi connectivity index (χ3n) is 2.89. The van der Waals surface area contributed by atoms with Crippen LogP contribution < -0.4 is 5.32 Å². The molecule has 2 heterocycles. The highest BCUT2D eigenvalue weighted by Gasteiger charge is 2.11. The largest absolute Gasteiger partial charge is 0.355 e. The topological polar surface area (TPSA) is 88.5 Å². The van der Waals surface area contributed by atoms with Crippen molar-refractivity contribution in [3.05, 3.63) is 24.4 Å². The van der Waals surface area contributed by atoms with Crippen molar-refractivity contribution in [2.45, 2.75) is 31.3 Å². The van der Waals surface area contributed by atoms with Crippen molar-refractivity contribution in [2.24, 2.45) is 0 Å². The molecule has 2 N–H and O–H groups in total. The molecule has 0 saturated carbocycles. The van der Waals surface area contributed by atoms with Gasteiger partial charge in [-0.1, -0.05) is 0 Å². The Morgan fingerprint density at radius 3 is 3.10 bits per heavy atom. The molecule has 8 heteroatoms. The lowest BCUT2D eigenvalue weighted by Gasteiger charge is -2.14. The molecule has 0 bridgehead atoms. The van der Waals surface area contributed by atoms with Gasteiger partial charge in [-0.2, -0.15) is 10.3 Å². The van der Waals surface area contributed by atoms with Gasteiger partial charge in [-0.25, -0.2) is 4.98 Å². The van der Waals surface area contributed by atoms with E-state index in [1.807, 2.05) is 24.6 Å². The number of aromatic amines is 1. The Kier molecular flexibility index (Phi) is 5.16. The smallest absolute Gasteiger partial charge is 0.222 e. The van der Waals surface area contributed by atoms with Crippen LogP contribution in [0, 0.1) is 6.92 Å². The van der Waals surface area contributed by atoms with E-state index in [1.54, 1.807) is 24.2 Å². The first-order chi connectivity index (χ1) is 9.66. The van der Waals surface area contributed by atoms with E-state index in [4.69, 9.17) is 0 Å². The fourth-order valence-electron chi connectivity index (χ4n) is 1.90. The number of rotatable bonds is 7. The molecule has 0 aliphatic carbocycles. The minimum absolute atomic E-state index is 0.0475. The van der Waals surface area contributed by atoms with Crippen molar-refractivity contribution < 1.29 is 4.79 Å². The Labute approximate surface area is 121 Å². The Bertz CT molecular complexity index is 538. The maximum Gasteiger partial charge on any atom is 0.222 e. The summed E-state index contributed by atoms with van der Waals surface area (Å²) in [6.07, 6.45) is 5.76. The van der Waals surface area contributed by atoms with E-state index >= 15 is 0 Å². The van der Waals surface area contributed by atoms with Crippen LogP contribution in [0.15, 0.2) is 23.6 Å². The number of carbonyl (C=O) groups is 1. The molecular weight excluding hydrogens is 276 g/mol. The zero-order valence-electron chi connectivity index (χ0n) is 11.5. The first kappa shape index (κ1) is 14.6. The lowest BCUT2D eigenvalue weighted by Crippen LogP contribution is -2.28. The molecule has 2 rings (SSSR count). The van der Waals surface area contributed by atoms with Crippen molar-refractivity contribution in [1.82, 2.24) is 30.3 Å². The van der Waals surface area contributed by atoms with Crippen molar-refractivity contribution in [1.29, 1.82) is 0 Å². The highest BCUT2D eigenvalue weighted by Crippen LogP contribution is 2.13. The van der Waals surface area contributed by atoms with Gasteiger partial charge in [0.25, 0.3) is 0 Å². The molecule has 7 nitrogen and oxygen atoms in total. The van der Waals surface area contributed by atoms with Crippen LogP contribution in [0.3, 0.4) is 0 Å². The number of aryl methyl sites for hydroxylation is 1. The molecule has 2 aromatic rings. The summed E-state index contributed by atoms with van der Waals surface area (Å²) in [5.74, 6) is 1.75. The number of hydrogen-bond donors (Lipinski definition) is 2. The molecule has 0 aliphatic rings. The molecule has 2 aromatic heterocycles. The number of imidazole rings is 1. The molecule has 0 saturated heterocycles. The van der Waals surface area contributed by atoms with Gasteiger partial charge < -0.3 is 9.88 Å². The van der Waals surface area contributed by atoms with E-state index in [9.17, 15) is 4.79 Å². The maximum absolute atomic E-state index is 11.8. The fraction of sp³-hybridized carbons (Fsp3) is 0.500. The number of carbonyl (C=O) groups excluding carboxylic acids is 1. The van der Waals surface area contributed by atoms with Crippen molar-refractivity contribution in [3.63, 3.8) is 0 Å². The number of amides is 1. The summed E-state index contributed by atoms with van der Waals surface area (Å²) in [6, 6.07) is 0.112. The summed E-state index contributed by atoms with van der Waals surface area (Å²) in [7, 11) is 0. The molecule has 0 spiro atoms. The second kappa shape index (κ2) is 7.09. The quantitative estimate of drug-likeness (QED) is 0.591. The van der Waals surface area contributed by atoms with Crippen LogP contribution in [-0.4, -0.2) is 43.2 Å². The Morgan fingerprint density at radius 2 is 2.45 bits per heavy atom. The van der Waals surface area contributed by atoms with Crippen LogP contribution in [0.5, 0.6) is 0 Å². The van der Waals surface area contributed by atoms with Gasteiger partial charge >= 0.3 is 0 Å². The SMILES string of the molecule is Cc1nccn1C(C)CC(=O)NCCSc1cn[nH]n1. The van der Waals surface area contributed by atoms with Crippen molar-refractivity contribution in [2.75, 3.05) is 12.3 Å². The summed E-state index contributed by atoms with van der Waals surface area (Å²) in [5.41, 5.74) is 0. The lowest BCUT2D eigenvalue weighted by atomic mass is 10.2. The zero-order chi connectivity index (χ0) is 14.4. The standard InChI is InChI=1S/C12H18N6OS/c1-9(18-5-3-13-10(18)2)7-11(19)14-4-6-20-12-8-15-17-16-12/h3,5,8-9H,4,6-7H2,1-2H3,(H,14,19)(H,15,16,17). The van der Waals surface area contributed by atoms with E-state index in [0.717, 1.165) is 16.6 Å². The monoisotopic (exact) mass is 294 g/mol. The predicted molar refractivity (Wildman–Crippen MR) is 76.4 cm³/mol. The normalized spacial score (nSPS) is 12.3. The number of nitrogens with one attached hydrogen (secondary N) is 2. The summed E-state index contributed by atoms with van der Waals surface area (Å²) < 4.78 is 2.00. The van der Waals surface area contributed by atoms with Crippen LogP contribution in [0.25, 0.3) is 0 Å². The van der Waals surface area contributed by atoms with Gasteiger partial charge in [0.15, 0.2) is 0 Å². The van der Waals surface area contributed by atoms with Crippen LogP contribution in [-0.2, 0) is 4.79 Å². The molecule has 0 aliphatic heterocycles. The van der Waals surface area contributed by atoms with Gasteiger partial charge in [0, 0.05) is 37.2 Å². The number of aromatic nitrogens is 5. The second-order valence-corrected chi connectivity index (χ2v) is 5.56. The highest BCUT2D eigenvalue weighted by molar-refractivity contribution is 7.99. The lowest BCUT2D eigenvalue weighted by molar-refractivity contribution is -0.121. The molecule has 1 atom stereocenters. The maximum atomic E-state index is 11.8. The first-order valence-corrected chi connectivity index (χ1v) is 7.40. The minimum atomic E-state index is 0.0475. The van der Waals surface area contributed by atoms with Gasteiger partial charge in [0.1, 0.15) is 10.9 Å². The van der Waals surface area contributed by atoms with E-state index in [-0.39, 0.29) is 11.9 Å². The average molecular weight is 294 g/mol. The predicted octanol–water partition coefficient (Wildman–Crippen LogP) is 1.17. The third-order valence-corrected chi connectivity index (χ3v) is 3.79. The average Bonchev–Trinajstić information content (AvgIpc) is 3.05.